The first-order valence-corrected chi connectivity index (χ1v) is 7.34. The Labute approximate surface area is 131 Å². The van der Waals surface area contributed by atoms with Crippen molar-refractivity contribution in [2.45, 2.75) is 17.9 Å². The fraction of sp³-hybridized carbons (Fsp3) is 0.385. The molecule has 1 amide bonds. The van der Waals surface area contributed by atoms with Gasteiger partial charge in [0.1, 0.15) is 0 Å². The molecule has 0 aromatic heterocycles. The van der Waals surface area contributed by atoms with E-state index in [1.807, 2.05) is 6.92 Å². The van der Waals surface area contributed by atoms with Crippen LogP contribution in [0, 0.1) is 10.1 Å². The van der Waals surface area contributed by atoms with E-state index in [1.165, 1.54) is 37.1 Å². The van der Waals surface area contributed by atoms with Crippen molar-refractivity contribution in [1.82, 2.24) is 5.32 Å². The molecular formula is C13H16N2O6S. The van der Waals surface area contributed by atoms with Gasteiger partial charge in [-0.1, -0.05) is 6.92 Å². The number of amides is 1. The number of methoxy groups -OCH3 is 1. The molecule has 1 aromatic carbocycles. The van der Waals surface area contributed by atoms with Crippen LogP contribution in [0.5, 0.6) is 0 Å². The van der Waals surface area contributed by atoms with Crippen LogP contribution < -0.4 is 5.32 Å². The van der Waals surface area contributed by atoms with Gasteiger partial charge in [0.05, 0.1) is 17.0 Å². The quantitative estimate of drug-likeness (QED) is 0.422. The van der Waals surface area contributed by atoms with Crippen molar-refractivity contribution in [1.29, 1.82) is 0 Å². The third-order valence-corrected chi connectivity index (χ3v) is 3.68. The zero-order valence-corrected chi connectivity index (χ0v) is 12.9. The van der Waals surface area contributed by atoms with Gasteiger partial charge >= 0.3 is 5.97 Å². The third kappa shape index (κ3) is 4.71. The first-order chi connectivity index (χ1) is 10.4. The largest absolute Gasteiger partial charge is 0.479 e. The molecule has 0 saturated carbocycles. The maximum absolute atomic E-state index is 12.2. The number of carbonyl (C=O) groups is 2. The normalized spacial score (nSPS) is 11.7. The monoisotopic (exact) mass is 328 g/mol. The minimum atomic E-state index is -1.20. The molecule has 2 N–H and O–H groups in total. The number of thioether (sulfide) groups is 1. The Morgan fingerprint density at radius 1 is 1.50 bits per heavy atom. The first kappa shape index (κ1) is 17.9. The van der Waals surface area contributed by atoms with Gasteiger partial charge in [0.2, 0.25) is 0 Å². The maximum Gasteiger partial charge on any atom is 0.334 e. The summed E-state index contributed by atoms with van der Waals surface area (Å²) in [5.41, 5.74) is -0.0616. The SMILES string of the molecule is CCSc1ccc([N+](=O)[O-])cc1C(=O)NCC(OC)C(=O)O. The van der Waals surface area contributed by atoms with Crippen LogP contribution in [-0.4, -0.2) is 47.4 Å². The zero-order valence-electron chi connectivity index (χ0n) is 12.1. The van der Waals surface area contributed by atoms with Gasteiger partial charge in [-0.2, -0.15) is 0 Å². The van der Waals surface area contributed by atoms with Gasteiger partial charge in [-0.25, -0.2) is 4.79 Å². The Kier molecular flexibility index (Phi) is 6.80. The van der Waals surface area contributed by atoms with Crippen LogP contribution in [0.4, 0.5) is 5.69 Å². The first-order valence-electron chi connectivity index (χ1n) is 6.35. The summed E-state index contributed by atoms with van der Waals surface area (Å²) in [6, 6.07) is 4.01. The van der Waals surface area contributed by atoms with Crippen LogP contribution in [-0.2, 0) is 9.53 Å². The van der Waals surface area contributed by atoms with Gasteiger partial charge in [-0.15, -0.1) is 11.8 Å². The van der Waals surface area contributed by atoms with Crippen molar-refractivity contribution in [2.24, 2.45) is 0 Å². The molecule has 0 bridgehead atoms. The Balaban J connectivity index is 2.96. The van der Waals surface area contributed by atoms with Crippen LogP contribution >= 0.6 is 11.8 Å². The predicted octanol–water partition coefficient (Wildman–Crippen LogP) is 1.54. The van der Waals surface area contributed by atoms with Crippen LogP contribution in [0.15, 0.2) is 23.1 Å². The van der Waals surface area contributed by atoms with Crippen molar-refractivity contribution in [3.8, 4) is 0 Å². The lowest BCUT2D eigenvalue weighted by Gasteiger charge is -2.13. The summed E-state index contributed by atoms with van der Waals surface area (Å²) in [5.74, 6) is -1.10. The van der Waals surface area contributed by atoms with Gasteiger partial charge < -0.3 is 15.2 Å². The molecule has 120 valence electrons. The molecule has 22 heavy (non-hydrogen) atoms. The maximum atomic E-state index is 12.2. The number of nitrogens with zero attached hydrogens (tertiary/aromatic N) is 1. The van der Waals surface area contributed by atoms with Crippen molar-refractivity contribution < 1.29 is 24.4 Å². The number of hydrogen-bond acceptors (Lipinski definition) is 6. The number of nitro benzene ring substituents is 1. The van der Waals surface area contributed by atoms with Gasteiger partial charge in [0.15, 0.2) is 6.10 Å². The van der Waals surface area contributed by atoms with Crippen molar-refractivity contribution in [2.75, 3.05) is 19.4 Å². The van der Waals surface area contributed by atoms with Crippen LogP contribution in [0.3, 0.4) is 0 Å². The lowest BCUT2D eigenvalue weighted by atomic mass is 10.2. The molecule has 0 heterocycles. The van der Waals surface area contributed by atoms with Gasteiger partial charge in [0.25, 0.3) is 11.6 Å². The summed E-state index contributed by atoms with van der Waals surface area (Å²) in [4.78, 5) is 33.8. The second-order valence-corrected chi connectivity index (χ2v) is 5.45. The van der Waals surface area contributed by atoms with E-state index in [4.69, 9.17) is 9.84 Å². The summed E-state index contributed by atoms with van der Waals surface area (Å²) in [5, 5.41) is 22.1. The highest BCUT2D eigenvalue weighted by molar-refractivity contribution is 7.99. The number of non-ortho nitro benzene ring substituents is 1. The van der Waals surface area contributed by atoms with E-state index in [0.29, 0.717) is 10.6 Å². The molecule has 0 radical (unpaired) electrons. The minimum absolute atomic E-state index is 0.140. The molecule has 8 nitrogen and oxygen atoms in total. The Hall–Kier alpha value is -2.13. The number of carbonyl (C=O) groups excluding carboxylic acids is 1. The molecule has 1 atom stereocenters. The minimum Gasteiger partial charge on any atom is -0.479 e. The second kappa shape index (κ2) is 8.35. The summed E-state index contributed by atoms with van der Waals surface area (Å²) in [6.45, 7) is 1.66. The number of aliphatic carboxylic acids is 1. The van der Waals surface area contributed by atoms with E-state index in [9.17, 15) is 19.7 Å². The molecule has 0 fully saturated rings. The molecule has 1 unspecified atom stereocenters. The molecule has 0 saturated heterocycles. The van der Waals surface area contributed by atoms with E-state index >= 15 is 0 Å². The number of ether oxygens (including phenoxy) is 1. The average molecular weight is 328 g/mol. The Bertz CT molecular complexity index is 578. The van der Waals surface area contributed by atoms with Gasteiger partial charge in [-0.3, -0.25) is 14.9 Å². The Morgan fingerprint density at radius 3 is 2.68 bits per heavy atom. The number of benzene rings is 1. The molecular weight excluding hydrogens is 312 g/mol. The van der Waals surface area contributed by atoms with Crippen molar-refractivity contribution >= 4 is 29.3 Å². The van der Waals surface area contributed by atoms with Gasteiger partial charge in [0, 0.05) is 24.1 Å². The number of carboxylic acids is 1. The second-order valence-electron chi connectivity index (χ2n) is 4.14. The number of nitro groups is 1. The number of nitrogens with one attached hydrogen (secondary N) is 1. The number of carboxylic acid groups (broad SMARTS) is 1. The topological polar surface area (TPSA) is 119 Å². The standard InChI is InChI=1S/C13H16N2O6S/c1-3-22-11-5-4-8(15(19)20)6-9(11)12(16)14-7-10(21-2)13(17)18/h4-6,10H,3,7H2,1-2H3,(H,14,16)(H,17,18). The fourth-order valence-electron chi connectivity index (χ4n) is 1.64. The van der Waals surface area contributed by atoms with Crippen LogP contribution in [0.1, 0.15) is 17.3 Å². The smallest absolute Gasteiger partial charge is 0.334 e. The molecule has 0 aliphatic heterocycles. The van der Waals surface area contributed by atoms with Crippen molar-refractivity contribution in [3.63, 3.8) is 0 Å². The molecule has 0 aliphatic rings. The summed E-state index contributed by atoms with van der Waals surface area (Å²) < 4.78 is 4.71. The highest BCUT2D eigenvalue weighted by Gasteiger charge is 2.20. The lowest BCUT2D eigenvalue weighted by Crippen LogP contribution is -2.38. The van der Waals surface area contributed by atoms with E-state index in [2.05, 4.69) is 5.32 Å². The van der Waals surface area contributed by atoms with E-state index in [-0.39, 0.29) is 17.8 Å². The highest BCUT2D eigenvalue weighted by Crippen LogP contribution is 2.26. The van der Waals surface area contributed by atoms with Crippen molar-refractivity contribution in [3.05, 3.63) is 33.9 Å². The molecule has 1 aromatic rings. The number of hydrogen-bond donors (Lipinski definition) is 2. The third-order valence-electron chi connectivity index (χ3n) is 2.73. The van der Waals surface area contributed by atoms with E-state index in [1.54, 1.807) is 0 Å². The van der Waals surface area contributed by atoms with Crippen LogP contribution in [0.25, 0.3) is 0 Å². The van der Waals surface area contributed by atoms with Crippen LogP contribution in [0.2, 0.25) is 0 Å². The fourth-order valence-corrected chi connectivity index (χ4v) is 2.42. The van der Waals surface area contributed by atoms with Gasteiger partial charge in [-0.05, 0) is 11.8 Å². The van der Waals surface area contributed by atoms with E-state index < -0.39 is 22.9 Å². The number of rotatable bonds is 8. The van der Waals surface area contributed by atoms with E-state index in [0.717, 1.165) is 0 Å². The molecule has 0 aliphatic carbocycles. The summed E-state index contributed by atoms with van der Waals surface area (Å²) in [6.07, 6.45) is -1.18. The highest BCUT2D eigenvalue weighted by atomic mass is 32.2. The molecule has 9 heteroatoms. The molecule has 1 rings (SSSR count). The summed E-state index contributed by atoms with van der Waals surface area (Å²) in [7, 11) is 1.22. The Morgan fingerprint density at radius 2 is 2.18 bits per heavy atom. The predicted molar refractivity (Wildman–Crippen MR) is 80.3 cm³/mol. The lowest BCUT2D eigenvalue weighted by molar-refractivity contribution is -0.384. The summed E-state index contributed by atoms with van der Waals surface area (Å²) >= 11 is 1.37. The molecule has 0 spiro atoms. The average Bonchev–Trinajstić information content (AvgIpc) is 2.47. The zero-order chi connectivity index (χ0) is 16.7.